The van der Waals surface area contributed by atoms with Gasteiger partial charge in [0, 0.05) is 12.5 Å². The zero-order valence-corrected chi connectivity index (χ0v) is 7.53. The summed E-state index contributed by atoms with van der Waals surface area (Å²) in [6, 6.07) is 8.43. The number of rotatable bonds is 2. The zero-order chi connectivity index (χ0) is 9.19. The van der Waals surface area contributed by atoms with E-state index >= 15 is 0 Å². The Bertz CT molecular complexity index is 282. The maximum atomic E-state index is 10.7. The highest BCUT2D eigenvalue weighted by Crippen LogP contribution is 2.41. The second-order valence-corrected chi connectivity index (χ2v) is 4.08. The van der Waals surface area contributed by atoms with Gasteiger partial charge in [0.1, 0.15) is 0 Å². The molecule has 0 heterocycles. The first-order valence-corrected chi connectivity index (χ1v) is 4.70. The van der Waals surface area contributed by atoms with Gasteiger partial charge in [-0.05, 0) is 4.57 Å². The van der Waals surface area contributed by atoms with Crippen molar-refractivity contribution in [2.45, 2.75) is 12.3 Å². The molecule has 3 nitrogen and oxygen atoms in total. The molecule has 0 aromatic heterocycles. The molecule has 0 amide bonds. The number of benzene rings is 1. The van der Waals surface area contributed by atoms with E-state index in [4.69, 9.17) is 4.89 Å². The zero-order valence-electron chi connectivity index (χ0n) is 6.64. The highest BCUT2D eigenvalue weighted by atomic mass is 31.1. The summed E-state index contributed by atoms with van der Waals surface area (Å²) in [7, 11) is -2.61. The third kappa shape index (κ3) is 1.69. The average Bonchev–Trinajstić information content (AvgIpc) is 2.06. The van der Waals surface area contributed by atoms with Crippen molar-refractivity contribution >= 4 is 8.03 Å². The Morgan fingerprint density at radius 2 is 1.83 bits per heavy atom. The lowest BCUT2D eigenvalue weighted by Crippen LogP contribution is -2.15. The summed E-state index contributed by atoms with van der Waals surface area (Å²) in [6.07, 6.45) is 0. The van der Waals surface area contributed by atoms with Gasteiger partial charge in [0.2, 0.25) is 0 Å². The van der Waals surface area contributed by atoms with Crippen LogP contribution in [0.25, 0.3) is 0 Å². The Hall–Kier alpha value is -0.760. The molecule has 1 rings (SSSR count). The number of hydrogen-bond donors (Lipinski definition) is 2. The first-order valence-electron chi connectivity index (χ1n) is 3.49. The van der Waals surface area contributed by atoms with E-state index in [0.717, 1.165) is 0 Å². The van der Waals surface area contributed by atoms with Gasteiger partial charge in [0.05, 0.1) is 0 Å². The minimum Gasteiger partial charge on any atom is -0.343 e. The molecule has 1 aromatic carbocycles. The molecule has 1 aromatic rings. The fourth-order valence-electron chi connectivity index (χ4n) is 0.864. The van der Waals surface area contributed by atoms with Crippen molar-refractivity contribution < 1.29 is 14.6 Å². The molecule has 0 aliphatic rings. The maximum absolute atomic E-state index is 10.7. The summed E-state index contributed by atoms with van der Waals surface area (Å²) >= 11 is 0. The van der Waals surface area contributed by atoms with Gasteiger partial charge in [0.25, 0.3) is 0 Å². The Labute approximate surface area is 71.5 Å². The predicted molar refractivity (Wildman–Crippen MR) is 45.8 cm³/mol. The lowest BCUT2D eigenvalue weighted by molar-refractivity contribution is 0.135. The van der Waals surface area contributed by atoms with Gasteiger partial charge in [-0.25, -0.2) is 0 Å². The molecule has 0 saturated heterocycles. The van der Waals surface area contributed by atoms with Crippen LogP contribution < -0.4 is 0 Å². The van der Waals surface area contributed by atoms with Crippen LogP contribution in [-0.4, -0.2) is 10.00 Å². The van der Waals surface area contributed by atoms with Crippen LogP contribution >= 0.6 is 8.03 Å². The Kier molecular flexibility index (Phi) is 2.58. The van der Waals surface area contributed by atoms with Gasteiger partial charge in [-0.3, -0.25) is 0 Å². The SMILES string of the molecule is CC(O)(c1ccccc1)[P+](=O)O. The summed E-state index contributed by atoms with van der Waals surface area (Å²) in [5.74, 6) is 0. The van der Waals surface area contributed by atoms with E-state index in [1.165, 1.54) is 6.92 Å². The van der Waals surface area contributed by atoms with E-state index in [1.54, 1.807) is 30.3 Å². The summed E-state index contributed by atoms with van der Waals surface area (Å²) < 4.78 is 10.7. The van der Waals surface area contributed by atoms with Crippen molar-refractivity contribution in [3.63, 3.8) is 0 Å². The maximum Gasteiger partial charge on any atom is 0.545 e. The molecule has 2 N–H and O–H groups in total. The summed E-state index contributed by atoms with van der Waals surface area (Å²) in [5.41, 5.74) is 0.452. The molecule has 0 saturated carbocycles. The van der Waals surface area contributed by atoms with Gasteiger partial charge in [-0.15, -0.1) is 0 Å². The predicted octanol–water partition coefficient (Wildman–Crippen LogP) is 1.59. The molecule has 2 atom stereocenters. The van der Waals surface area contributed by atoms with Crippen molar-refractivity contribution in [1.82, 2.24) is 0 Å². The smallest absolute Gasteiger partial charge is 0.343 e. The van der Waals surface area contributed by atoms with Crippen LogP contribution in [0.5, 0.6) is 0 Å². The fraction of sp³-hybridized carbons (Fsp3) is 0.250. The second kappa shape index (κ2) is 3.31. The standard InChI is InChI=1S/C8H9O3P/c1-8(9,12(10)11)7-5-3-2-4-6-7/h2-6,9H,1H3/p+1. The van der Waals surface area contributed by atoms with Gasteiger partial charge in [-0.2, -0.15) is 4.89 Å². The van der Waals surface area contributed by atoms with Crippen LogP contribution in [0.4, 0.5) is 0 Å². The van der Waals surface area contributed by atoms with Crippen LogP contribution in [0, 0.1) is 0 Å². The quantitative estimate of drug-likeness (QED) is 0.688. The average molecular weight is 185 g/mol. The molecule has 2 unspecified atom stereocenters. The van der Waals surface area contributed by atoms with Crippen molar-refractivity contribution in [3.8, 4) is 0 Å². The largest absolute Gasteiger partial charge is 0.545 e. The highest BCUT2D eigenvalue weighted by Gasteiger charge is 2.43. The third-order valence-corrected chi connectivity index (χ3v) is 2.70. The summed E-state index contributed by atoms with van der Waals surface area (Å²) in [5, 5.41) is 7.89. The second-order valence-electron chi connectivity index (χ2n) is 2.66. The van der Waals surface area contributed by atoms with Gasteiger partial charge >= 0.3 is 13.4 Å². The number of aliphatic hydroxyl groups is 1. The molecule has 0 bridgehead atoms. The van der Waals surface area contributed by atoms with Crippen LogP contribution in [-0.2, 0) is 9.91 Å². The third-order valence-electron chi connectivity index (χ3n) is 1.69. The molecule has 12 heavy (non-hydrogen) atoms. The van der Waals surface area contributed by atoms with E-state index in [0.29, 0.717) is 5.56 Å². The van der Waals surface area contributed by atoms with E-state index in [-0.39, 0.29) is 0 Å². The Morgan fingerprint density at radius 1 is 1.33 bits per heavy atom. The summed E-state index contributed by atoms with van der Waals surface area (Å²) in [4.78, 5) is 8.79. The van der Waals surface area contributed by atoms with Crippen molar-refractivity contribution in [1.29, 1.82) is 0 Å². The first kappa shape index (κ1) is 9.33. The van der Waals surface area contributed by atoms with Crippen LogP contribution in [0.3, 0.4) is 0 Å². The van der Waals surface area contributed by atoms with Crippen LogP contribution in [0.1, 0.15) is 12.5 Å². The molecule has 64 valence electrons. The van der Waals surface area contributed by atoms with E-state index in [1.807, 2.05) is 0 Å². The topological polar surface area (TPSA) is 57.5 Å². The van der Waals surface area contributed by atoms with Crippen LogP contribution in [0.15, 0.2) is 30.3 Å². The molecule has 0 spiro atoms. The monoisotopic (exact) mass is 185 g/mol. The fourth-order valence-corrected chi connectivity index (χ4v) is 1.23. The lowest BCUT2D eigenvalue weighted by atomic mass is 10.1. The minimum atomic E-state index is -2.61. The van der Waals surface area contributed by atoms with Gasteiger partial charge < -0.3 is 5.11 Å². The molecule has 0 radical (unpaired) electrons. The molecule has 4 heteroatoms. The molecular formula is C8H10O3P+. The van der Waals surface area contributed by atoms with Crippen molar-refractivity contribution in [3.05, 3.63) is 35.9 Å². The van der Waals surface area contributed by atoms with Gasteiger partial charge in [-0.1, -0.05) is 30.3 Å². The molecule has 0 aliphatic heterocycles. The van der Waals surface area contributed by atoms with Crippen molar-refractivity contribution in [2.75, 3.05) is 0 Å². The van der Waals surface area contributed by atoms with E-state index < -0.39 is 13.4 Å². The number of hydrogen-bond acceptors (Lipinski definition) is 2. The van der Waals surface area contributed by atoms with Gasteiger partial charge in [0.15, 0.2) is 0 Å². The van der Waals surface area contributed by atoms with E-state index in [9.17, 15) is 9.67 Å². The van der Waals surface area contributed by atoms with Crippen LogP contribution in [0.2, 0.25) is 0 Å². The van der Waals surface area contributed by atoms with E-state index in [2.05, 4.69) is 0 Å². The Morgan fingerprint density at radius 3 is 2.25 bits per heavy atom. The minimum absolute atomic E-state index is 0.452. The normalized spacial score (nSPS) is 16.8. The summed E-state index contributed by atoms with van der Waals surface area (Å²) in [6.45, 7) is 1.32. The molecular weight excluding hydrogens is 175 g/mol. The first-order chi connectivity index (χ1) is 5.55. The lowest BCUT2D eigenvalue weighted by Gasteiger charge is -2.08. The Balaban J connectivity index is 3.06. The molecule has 0 aliphatic carbocycles. The molecule has 0 fully saturated rings. The van der Waals surface area contributed by atoms with Crippen molar-refractivity contribution in [2.24, 2.45) is 0 Å². The highest BCUT2D eigenvalue weighted by molar-refractivity contribution is 7.39.